The predicted molar refractivity (Wildman–Crippen MR) is 184 cm³/mol. The molecule has 0 atom stereocenters. The van der Waals surface area contributed by atoms with E-state index >= 15 is 0 Å². The summed E-state index contributed by atoms with van der Waals surface area (Å²) < 4.78 is 6.59. The van der Waals surface area contributed by atoms with Crippen LogP contribution in [-0.2, 0) is 4.74 Å². The van der Waals surface area contributed by atoms with Crippen LogP contribution >= 0.6 is 11.3 Å². The first-order valence-corrected chi connectivity index (χ1v) is 16.1. The van der Waals surface area contributed by atoms with Gasteiger partial charge in [0.1, 0.15) is 5.76 Å². The van der Waals surface area contributed by atoms with Crippen LogP contribution in [0.4, 0.5) is 0 Å². The van der Waals surface area contributed by atoms with E-state index in [1.54, 1.807) is 17.7 Å². The molecule has 1 aromatic carbocycles. The van der Waals surface area contributed by atoms with Crippen LogP contribution in [0.3, 0.4) is 0 Å². The number of aromatic amines is 1. The number of rotatable bonds is 10. The summed E-state index contributed by atoms with van der Waals surface area (Å²) in [4.78, 5) is 13.9. The van der Waals surface area contributed by atoms with Crippen molar-refractivity contribution in [2.75, 3.05) is 0 Å². The third-order valence-corrected chi connectivity index (χ3v) is 8.81. The number of hydrogen-bond acceptors (Lipinski definition) is 5. The molecule has 43 heavy (non-hydrogen) atoms. The van der Waals surface area contributed by atoms with Gasteiger partial charge in [-0.1, -0.05) is 44.6 Å². The maximum absolute atomic E-state index is 6.59. The number of unbranched alkanes of at least 4 members (excludes halogenated alkanes) is 1. The minimum absolute atomic E-state index is 0.0628. The van der Waals surface area contributed by atoms with E-state index in [4.69, 9.17) is 15.5 Å². The summed E-state index contributed by atoms with van der Waals surface area (Å²) in [5.74, 6) is 1.01. The second-order valence-corrected chi connectivity index (χ2v) is 12.4. The molecule has 1 aliphatic rings. The number of ether oxygens (including phenoxy) is 1. The van der Waals surface area contributed by atoms with Gasteiger partial charge < -0.3 is 15.5 Å². The van der Waals surface area contributed by atoms with Crippen molar-refractivity contribution in [2.45, 2.75) is 84.3 Å². The summed E-state index contributed by atoms with van der Waals surface area (Å²) in [5.41, 5.74) is 13.8. The molecule has 0 radical (unpaired) electrons. The maximum Gasteiger partial charge on any atom is 0.132 e. The Morgan fingerprint density at radius 3 is 2.63 bits per heavy atom. The van der Waals surface area contributed by atoms with Gasteiger partial charge in [-0.25, -0.2) is 4.98 Å². The molecule has 1 aliphatic carbocycles. The number of nitrogens with two attached hydrogens (primary N) is 1. The highest BCUT2D eigenvalue weighted by atomic mass is 32.1. The van der Waals surface area contributed by atoms with Crippen molar-refractivity contribution in [2.24, 2.45) is 5.73 Å². The van der Waals surface area contributed by atoms with Crippen LogP contribution in [0.1, 0.15) is 83.2 Å². The van der Waals surface area contributed by atoms with E-state index in [9.17, 15) is 0 Å². The van der Waals surface area contributed by atoms with Crippen LogP contribution in [0.2, 0.25) is 0 Å². The smallest absolute Gasteiger partial charge is 0.132 e. The van der Waals surface area contributed by atoms with Crippen LogP contribution in [0.25, 0.3) is 44.6 Å². The average molecular weight is 593 g/mol. The van der Waals surface area contributed by atoms with Crippen molar-refractivity contribution in [3.8, 4) is 35.2 Å². The molecule has 0 spiro atoms. The number of allylic oxidation sites excluding steroid dienone is 5. The van der Waals surface area contributed by atoms with Gasteiger partial charge in [0.2, 0.25) is 0 Å². The van der Waals surface area contributed by atoms with Gasteiger partial charge in [0, 0.05) is 28.2 Å². The van der Waals surface area contributed by atoms with E-state index in [1.165, 1.54) is 4.88 Å². The van der Waals surface area contributed by atoms with Crippen molar-refractivity contribution >= 4 is 33.6 Å². The lowest BCUT2D eigenvalue weighted by molar-refractivity contribution is 0.0991. The molecular formula is C37H44N4OS. The lowest BCUT2D eigenvalue weighted by Crippen LogP contribution is -2.41. The molecule has 6 heteroatoms. The van der Waals surface area contributed by atoms with E-state index in [1.807, 2.05) is 6.20 Å². The highest BCUT2D eigenvalue weighted by Crippen LogP contribution is 2.36. The molecule has 3 heterocycles. The fourth-order valence-electron chi connectivity index (χ4n) is 5.33. The fourth-order valence-corrected chi connectivity index (χ4v) is 6.23. The van der Waals surface area contributed by atoms with E-state index in [-0.39, 0.29) is 11.6 Å². The summed E-state index contributed by atoms with van der Waals surface area (Å²) >= 11 is 1.74. The Morgan fingerprint density at radius 1 is 1.12 bits per heavy atom. The highest BCUT2D eigenvalue weighted by Gasteiger charge is 2.29. The standard InChI is InChI=1S/C35H42N4OS.C2H2/c1-5-7-9-10-24(3)33-34(39-23-38-33)25-12-13-30-26(18-25)19-27(21-37-30)28-20-32(41-22-28)31(11-8-6-2)40-29-14-16-35(4,36)17-15-29;1-2/h7,9-13,18-23,29H,5-6,8,14-17,36H2,1-4H3,(H,38,39);1-2H/b9-7-,24-10+,31-11-;. The Labute approximate surface area is 261 Å². The minimum Gasteiger partial charge on any atom is -0.489 e. The Morgan fingerprint density at radius 2 is 1.88 bits per heavy atom. The van der Waals surface area contributed by atoms with Gasteiger partial charge in [-0.3, -0.25) is 4.98 Å². The SMILES string of the molecule is C#C.CC/C=C\C=C(/C)c1nc[nH]c1-c1ccc2ncc(-c3csc(/C(=C/CCC)OC4CCC(C)(N)CC4)c3)cc2c1. The number of nitrogens with one attached hydrogen (secondary N) is 1. The number of pyridine rings is 1. The number of H-pyrrole nitrogens is 1. The van der Waals surface area contributed by atoms with Gasteiger partial charge in [0.05, 0.1) is 34.2 Å². The van der Waals surface area contributed by atoms with Crippen molar-refractivity contribution in [3.05, 3.63) is 83.1 Å². The Balaban J connectivity index is 0.00000207. The molecule has 0 amide bonds. The third-order valence-electron chi connectivity index (χ3n) is 7.86. The van der Waals surface area contributed by atoms with E-state index < -0.39 is 0 Å². The molecule has 0 aliphatic heterocycles. The van der Waals surface area contributed by atoms with Crippen LogP contribution in [0, 0.1) is 12.8 Å². The first-order chi connectivity index (χ1) is 20.9. The molecule has 5 nitrogen and oxygen atoms in total. The van der Waals surface area contributed by atoms with Crippen molar-refractivity contribution < 1.29 is 4.74 Å². The molecule has 0 saturated heterocycles. The summed E-state index contributed by atoms with van der Waals surface area (Å²) in [6, 6.07) is 10.9. The largest absolute Gasteiger partial charge is 0.489 e. The van der Waals surface area contributed by atoms with Crippen LogP contribution in [0.5, 0.6) is 0 Å². The number of hydrogen-bond donors (Lipinski definition) is 2. The quantitative estimate of drug-likeness (QED) is 0.109. The summed E-state index contributed by atoms with van der Waals surface area (Å²) in [7, 11) is 0. The van der Waals surface area contributed by atoms with Crippen molar-refractivity contribution in [3.63, 3.8) is 0 Å². The summed E-state index contributed by atoms with van der Waals surface area (Å²) in [5, 5.41) is 3.32. The van der Waals surface area contributed by atoms with Crippen LogP contribution < -0.4 is 5.73 Å². The number of aromatic nitrogens is 3. The van der Waals surface area contributed by atoms with Crippen LogP contribution in [-0.4, -0.2) is 26.6 Å². The van der Waals surface area contributed by atoms with E-state index in [0.717, 1.165) is 95.3 Å². The topological polar surface area (TPSA) is 76.8 Å². The van der Waals surface area contributed by atoms with E-state index in [2.05, 4.69) is 111 Å². The Hall–Kier alpha value is -3.92. The fraction of sp³-hybridized carbons (Fsp3) is 0.351. The second kappa shape index (κ2) is 15.0. The summed E-state index contributed by atoms with van der Waals surface area (Å²) in [6.45, 7) is 8.60. The van der Waals surface area contributed by atoms with E-state index in [0.29, 0.717) is 0 Å². The van der Waals surface area contributed by atoms with Crippen molar-refractivity contribution in [1.29, 1.82) is 0 Å². The third kappa shape index (κ3) is 8.13. The number of thiophene rings is 1. The molecule has 3 N–H and O–H groups in total. The second-order valence-electron chi connectivity index (χ2n) is 11.5. The van der Waals surface area contributed by atoms with Crippen LogP contribution in [0.15, 0.2) is 72.5 Å². The molecule has 1 saturated carbocycles. The first-order valence-electron chi connectivity index (χ1n) is 15.2. The number of fused-ring (bicyclic) bond motifs is 1. The molecule has 0 unspecified atom stereocenters. The monoisotopic (exact) mass is 592 g/mol. The summed E-state index contributed by atoms with van der Waals surface area (Å²) in [6.07, 6.45) is 27.7. The average Bonchev–Trinajstić information content (AvgIpc) is 3.72. The molecule has 1 fully saturated rings. The zero-order chi connectivity index (χ0) is 30.8. The predicted octanol–water partition coefficient (Wildman–Crippen LogP) is 9.79. The Kier molecular flexibility index (Phi) is 11.2. The molecule has 5 rings (SSSR count). The number of terminal acetylenes is 1. The maximum atomic E-state index is 6.59. The normalized spacial score (nSPS) is 19.4. The van der Waals surface area contributed by atoms with Gasteiger partial charge in [0.15, 0.2) is 0 Å². The zero-order valence-corrected chi connectivity index (χ0v) is 26.7. The van der Waals surface area contributed by atoms with Gasteiger partial charge in [-0.2, -0.15) is 0 Å². The Bertz CT molecular complexity index is 1610. The van der Waals surface area contributed by atoms with Gasteiger partial charge >= 0.3 is 0 Å². The number of imidazole rings is 1. The molecule has 4 aromatic rings. The number of benzene rings is 1. The zero-order valence-electron chi connectivity index (χ0n) is 25.9. The molecule has 3 aromatic heterocycles. The first kappa shape index (κ1) is 32.0. The molecule has 224 valence electrons. The van der Waals surface area contributed by atoms with Crippen molar-refractivity contribution in [1.82, 2.24) is 15.0 Å². The molecular weight excluding hydrogens is 549 g/mol. The van der Waals surface area contributed by atoms with Gasteiger partial charge in [-0.15, -0.1) is 24.2 Å². The molecule has 0 bridgehead atoms. The lowest BCUT2D eigenvalue weighted by atomic mass is 9.83. The van der Waals surface area contributed by atoms with Gasteiger partial charge in [-0.05, 0) is 99.2 Å². The van der Waals surface area contributed by atoms with Gasteiger partial charge in [0.25, 0.3) is 0 Å². The highest BCUT2D eigenvalue weighted by molar-refractivity contribution is 7.11. The lowest BCUT2D eigenvalue weighted by Gasteiger charge is -2.34. The number of nitrogens with zero attached hydrogens (tertiary/aromatic N) is 2. The minimum atomic E-state index is -0.0628.